The third-order valence-electron chi connectivity index (χ3n) is 4.55. The number of nitrogens with one attached hydrogen (secondary N) is 1. The molecule has 1 aromatic heterocycles. The van der Waals surface area contributed by atoms with E-state index < -0.39 is 0 Å². The smallest absolute Gasteiger partial charge is 0.274 e. The van der Waals surface area contributed by atoms with Crippen LogP contribution in [0.3, 0.4) is 0 Å². The van der Waals surface area contributed by atoms with Gasteiger partial charge in [-0.2, -0.15) is 0 Å². The van der Waals surface area contributed by atoms with Crippen LogP contribution in [0.15, 0.2) is 29.1 Å². The Morgan fingerprint density at radius 2 is 1.76 bits per heavy atom. The number of nitrogens with zero attached hydrogens (tertiary/aromatic N) is 1. The van der Waals surface area contributed by atoms with Crippen molar-refractivity contribution in [1.82, 2.24) is 9.78 Å². The molecule has 0 radical (unpaired) electrons. The van der Waals surface area contributed by atoms with Crippen LogP contribution in [-0.2, 0) is 12.8 Å². The third kappa shape index (κ3) is 2.67. The number of para-hydroxylation sites is 1. The molecule has 3 nitrogen and oxygen atoms in total. The molecule has 21 heavy (non-hydrogen) atoms. The first-order valence-corrected chi connectivity index (χ1v) is 8.18. The van der Waals surface area contributed by atoms with E-state index in [2.05, 4.69) is 5.10 Å². The Labute approximate surface area is 128 Å². The lowest BCUT2D eigenvalue weighted by atomic mass is 10.1. The zero-order valence-corrected chi connectivity index (χ0v) is 12.7. The fraction of sp³-hybridized carbons (Fsp3) is 0.471. The molecule has 1 N–H and O–H groups in total. The minimum atomic E-state index is 0.0886. The van der Waals surface area contributed by atoms with Gasteiger partial charge < -0.3 is 0 Å². The molecule has 1 aromatic carbocycles. The number of rotatable bonds is 5. The van der Waals surface area contributed by atoms with E-state index in [0.29, 0.717) is 10.9 Å². The summed E-state index contributed by atoms with van der Waals surface area (Å²) in [6.07, 6.45) is 7.05. The summed E-state index contributed by atoms with van der Waals surface area (Å²) < 4.78 is 1.64. The van der Waals surface area contributed by atoms with E-state index >= 15 is 0 Å². The van der Waals surface area contributed by atoms with E-state index in [4.69, 9.17) is 11.6 Å². The van der Waals surface area contributed by atoms with Gasteiger partial charge >= 0.3 is 0 Å². The van der Waals surface area contributed by atoms with Crippen LogP contribution in [0.5, 0.6) is 0 Å². The van der Waals surface area contributed by atoms with E-state index in [9.17, 15) is 4.79 Å². The van der Waals surface area contributed by atoms with Gasteiger partial charge in [0.2, 0.25) is 0 Å². The van der Waals surface area contributed by atoms with Crippen LogP contribution >= 0.6 is 11.6 Å². The van der Waals surface area contributed by atoms with Gasteiger partial charge in [-0.15, -0.1) is 0 Å². The van der Waals surface area contributed by atoms with Gasteiger partial charge in [0, 0.05) is 11.3 Å². The maximum atomic E-state index is 12.8. The second-order valence-electron chi connectivity index (χ2n) is 6.46. The molecular weight excluding hydrogens is 284 g/mol. The Morgan fingerprint density at radius 3 is 2.43 bits per heavy atom. The number of benzene rings is 1. The molecule has 4 heteroatoms. The third-order valence-corrected chi connectivity index (χ3v) is 4.86. The van der Waals surface area contributed by atoms with Crippen molar-refractivity contribution in [3.05, 3.63) is 50.9 Å². The standard InChI is InChI=1S/C17H19ClN2O/c18-14-3-1-2-4-16(14)20-17(21)13(9-11-5-6-11)15(19-20)10-12-7-8-12/h1-4,11-12,19H,5-10H2. The maximum absolute atomic E-state index is 12.8. The van der Waals surface area contributed by atoms with Gasteiger partial charge in [-0.3, -0.25) is 9.89 Å². The highest BCUT2D eigenvalue weighted by Crippen LogP contribution is 2.36. The van der Waals surface area contributed by atoms with Crippen molar-refractivity contribution >= 4 is 11.6 Å². The molecule has 2 aromatic rings. The normalized spacial score (nSPS) is 18.1. The van der Waals surface area contributed by atoms with Crippen molar-refractivity contribution in [3.63, 3.8) is 0 Å². The summed E-state index contributed by atoms with van der Waals surface area (Å²) in [7, 11) is 0. The summed E-state index contributed by atoms with van der Waals surface area (Å²) in [5.74, 6) is 1.48. The fourth-order valence-corrected chi connectivity index (χ4v) is 3.14. The van der Waals surface area contributed by atoms with Crippen LogP contribution < -0.4 is 5.56 Å². The van der Waals surface area contributed by atoms with E-state index in [0.717, 1.165) is 35.7 Å². The first-order valence-electron chi connectivity index (χ1n) is 7.80. The summed E-state index contributed by atoms with van der Waals surface area (Å²) >= 11 is 6.25. The zero-order chi connectivity index (χ0) is 14.4. The SMILES string of the molecule is O=c1c(CC2CC2)c(CC2CC2)[nH]n1-c1ccccc1Cl. The van der Waals surface area contributed by atoms with Crippen LogP contribution in [0.2, 0.25) is 5.02 Å². The monoisotopic (exact) mass is 302 g/mol. The van der Waals surface area contributed by atoms with Crippen molar-refractivity contribution in [2.24, 2.45) is 11.8 Å². The second-order valence-corrected chi connectivity index (χ2v) is 6.86. The molecule has 2 fully saturated rings. The van der Waals surface area contributed by atoms with Gasteiger partial charge in [0.1, 0.15) is 0 Å². The Bertz CT molecular complexity index is 723. The molecule has 0 amide bonds. The van der Waals surface area contributed by atoms with Crippen LogP contribution in [0.1, 0.15) is 36.9 Å². The van der Waals surface area contributed by atoms with Crippen LogP contribution in [0.25, 0.3) is 5.69 Å². The molecule has 110 valence electrons. The first-order chi connectivity index (χ1) is 10.2. The molecule has 0 aliphatic heterocycles. The second kappa shape index (κ2) is 5.06. The summed E-state index contributed by atoms with van der Waals surface area (Å²) in [6.45, 7) is 0. The summed E-state index contributed by atoms with van der Waals surface area (Å²) in [4.78, 5) is 12.8. The highest BCUT2D eigenvalue weighted by Gasteiger charge is 2.29. The lowest BCUT2D eigenvalue weighted by Gasteiger charge is -2.03. The molecule has 2 aliphatic rings. The molecule has 0 atom stereocenters. The number of hydrogen-bond acceptors (Lipinski definition) is 1. The predicted octanol–water partition coefficient (Wildman–Crippen LogP) is 3.72. The van der Waals surface area contributed by atoms with E-state index in [-0.39, 0.29) is 5.56 Å². The van der Waals surface area contributed by atoms with Gasteiger partial charge in [-0.05, 0) is 62.5 Å². The fourth-order valence-electron chi connectivity index (χ4n) is 2.92. The average Bonchev–Trinajstić information content (AvgIpc) is 3.36. The van der Waals surface area contributed by atoms with Gasteiger partial charge in [0.25, 0.3) is 5.56 Å². The number of H-pyrrole nitrogens is 1. The zero-order valence-electron chi connectivity index (χ0n) is 11.9. The molecular formula is C17H19ClN2O. The van der Waals surface area contributed by atoms with Crippen LogP contribution in [-0.4, -0.2) is 9.78 Å². The van der Waals surface area contributed by atoms with E-state index in [1.165, 1.54) is 25.7 Å². The minimum Gasteiger partial charge on any atom is -0.295 e. The predicted molar refractivity (Wildman–Crippen MR) is 84.3 cm³/mol. The van der Waals surface area contributed by atoms with Gasteiger partial charge in [0.05, 0.1) is 10.7 Å². The average molecular weight is 303 g/mol. The number of aromatic nitrogens is 2. The largest absolute Gasteiger partial charge is 0.295 e. The van der Waals surface area contributed by atoms with E-state index in [1.54, 1.807) is 4.68 Å². The molecule has 0 unspecified atom stereocenters. The molecule has 0 bridgehead atoms. The number of halogens is 1. The van der Waals surface area contributed by atoms with Crippen LogP contribution in [0, 0.1) is 11.8 Å². The lowest BCUT2D eigenvalue weighted by molar-refractivity contribution is 0.749. The topological polar surface area (TPSA) is 37.8 Å². The number of hydrogen-bond donors (Lipinski definition) is 1. The van der Waals surface area contributed by atoms with Crippen molar-refractivity contribution in [3.8, 4) is 5.69 Å². The van der Waals surface area contributed by atoms with Crippen molar-refractivity contribution in [2.75, 3.05) is 0 Å². The molecule has 2 saturated carbocycles. The Morgan fingerprint density at radius 1 is 1.10 bits per heavy atom. The first kappa shape index (κ1) is 13.2. The lowest BCUT2D eigenvalue weighted by Crippen LogP contribution is -2.18. The summed E-state index contributed by atoms with van der Waals surface area (Å²) in [6, 6.07) is 7.51. The van der Waals surface area contributed by atoms with Gasteiger partial charge in [-0.25, -0.2) is 4.68 Å². The van der Waals surface area contributed by atoms with Gasteiger partial charge in [0.15, 0.2) is 0 Å². The highest BCUT2D eigenvalue weighted by molar-refractivity contribution is 6.32. The quantitative estimate of drug-likeness (QED) is 0.898. The summed E-state index contributed by atoms with van der Waals surface area (Å²) in [5, 5.41) is 3.94. The summed E-state index contributed by atoms with van der Waals surface area (Å²) in [5.41, 5.74) is 2.97. The van der Waals surface area contributed by atoms with Crippen molar-refractivity contribution in [2.45, 2.75) is 38.5 Å². The van der Waals surface area contributed by atoms with Crippen molar-refractivity contribution < 1.29 is 0 Å². The van der Waals surface area contributed by atoms with Gasteiger partial charge in [-0.1, -0.05) is 23.7 Å². The molecule has 0 spiro atoms. The van der Waals surface area contributed by atoms with Crippen molar-refractivity contribution in [1.29, 1.82) is 0 Å². The molecule has 0 saturated heterocycles. The Kier molecular flexibility index (Phi) is 3.18. The highest BCUT2D eigenvalue weighted by atomic mass is 35.5. The minimum absolute atomic E-state index is 0.0886. The maximum Gasteiger partial charge on any atom is 0.274 e. The van der Waals surface area contributed by atoms with Crippen LogP contribution in [0.4, 0.5) is 0 Å². The Hall–Kier alpha value is -1.48. The molecule has 4 rings (SSSR count). The molecule has 2 aliphatic carbocycles. The number of aromatic amines is 1. The molecule has 1 heterocycles. The Balaban J connectivity index is 1.77. The van der Waals surface area contributed by atoms with E-state index in [1.807, 2.05) is 24.3 Å².